The Bertz CT molecular complexity index is 735. The van der Waals surface area contributed by atoms with Crippen molar-refractivity contribution in [3.63, 3.8) is 0 Å². The lowest BCUT2D eigenvalue weighted by atomic mass is 9.78. The normalized spacial score (nSPS) is 19.8. The fourth-order valence-electron chi connectivity index (χ4n) is 4.13. The third-order valence-corrected chi connectivity index (χ3v) is 5.23. The lowest BCUT2D eigenvalue weighted by Crippen LogP contribution is -3.00. The summed E-state index contributed by atoms with van der Waals surface area (Å²) in [5.74, 6) is 0.801. The highest BCUT2D eigenvalue weighted by atomic mass is 79.9. The molecule has 2 aromatic rings. The van der Waals surface area contributed by atoms with Crippen molar-refractivity contribution in [2.24, 2.45) is 0 Å². The molecule has 0 amide bonds. The molecule has 3 nitrogen and oxygen atoms in total. The average Bonchev–Trinajstić information content (AvgIpc) is 3.10. The fourth-order valence-corrected chi connectivity index (χ4v) is 4.13. The molecule has 1 aliphatic heterocycles. The molecule has 0 radical (unpaired) electrons. The number of hydrogen-bond donors (Lipinski definition) is 1. The number of pyridine rings is 1. The van der Waals surface area contributed by atoms with Crippen molar-refractivity contribution in [3.8, 4) is 5.75 Å². The van der Waals surface area contributed by atoms with Gasteiger partial charge in [-0.2, -0.15) is 0 Å². The van der Waals surface area contributed by atoms with Crippen LogP contribution in [-0.2, 0) is 12.8 Å². The lowest BCUT2D eigenvalue weighted by molar-refractivity contribution is -0.509. The Morgan fingerprint density at radius 1 is 1.12 bits per heavy atom. The minimum absolute atomic E-state index is 0. The maximum atomic E-state index is 9.81. The van der Waals surface area contributed by atoms with Crippen LogP contribution in [0.2, 0.25) is 0 Å². The van der Waals surface area contributed by atoms with E-state index >= 15 is 0 Å². The molecule has 0 saturated carbocycles. The molecule has 4 rings (SSSR count). The van der Waals surface area contributed by atoms with Crippen LogP contribution >= 0.6 is 0 Å². The summed E-state index contributed by atoms with van der Waals surface area (Å²) >= 11 is 0. The number of phenolic OH excluding ortho intramolecular Hbond substituents is 1. The largest absolute Gasteiger partial charge is 1.00 e. The predicted octanol–water partition coefficient (Wildman–Crippen LogP) is 0.311. The Morgan fingerprint density at radius 3 is 2.71 bits per heavy atom. The van der Waals surface area contributed by atoms with Crippen molar-refractivity contribution in [2.75, 3.05) is 13.1 Å². The first-order valence-corrected chi connectivity index (χ1v) is 8.62. The summed E-state index contributed by atoms with van der Waals surface area (Å²) < 4.78 is 2.61. The molecular formula is C20H23BrN2O. The second kappa shape index (κ2) is 7.47. The van der Waals surface area contributed by atoms with Gasteiger partial charge in [0.05, 0.1) is 5.92 Å². The van der Waals surface area contributed by atoms with Gasteiger partial charge < -0.3 is 22.1 Å². The first-order chi connectivity index (χ1) is 11.3. The topological polar surface area (TPSA) is 36.1 Å². The second-order valence-corrected chi connectivity index (χ2v) is 6.69. The Hall–Kier alpha value is -1.68. The highest BCUT2D eigenvalue weighted by Gasteiger charge is 2.33. The van der Waals surface area contributed by atoms with Crippen molar-refractivity contribution in [2.45, 2.75) is 38.0 Å². The zero-order valence-electron chi connectivity index (χ0n) is 13.8. The van der Waals surface area contributed by atoms with Gasteiger partial charge >= 0.3 is 0 Å². The number of nitrogens with zero attached hydrogens (tertiary/aromatic N) is 2. The van der Waals surface area contributed by atoms with Crippen molar-refractivity contribution in [1.29, 1.82) is 0 Å². The molecule has 0 spiro atoms. The zero-order valence-corrected chi connectivity index (χ0v) is 15.4. The molecule has 1 aromatic carbocycles. The van der Waals surface area contributed by atoms with Gasteiger partial charge in [-0.05, 0) is 47.7 Å². The van der Waals surface area contributed by atoms with Crippen LogP contribution in [0, 0.1) is 0 Å². The Labute approximate surface area is 153 Å². The van der Waals surface area contributed by atoms with Gasteiger partial charge in [-0.1, -0.05) is 12.1 Å². The van der Waals surface area contributed by atoms with Crippen molar-refractivity contribution in [3.05, 3.63) is 59.4 Å². The Morgan fingerprint density at radius 2 is 1.96 bits per heavy atom. The van der Waals surface area contributed by atoms with Gasteiger partial charge in [0.2, 0.25) is 0 Å². The number of benzene rings is 1. The number of halogens is 1. The molecule has 1 N–H and O–H groups in total. The predicted molar refractivity (Wildman–Crippen MR) is 91.3 cm³/mol. The number of hydrogen-bond acceptors (Lipinski definition) is 2. The summed E-state index contributed by atoms with van der Waals surface area (Å²) in [6, 6.07) is 10.1. The highest BCUT2D eigenvalue weighted by molar-refractivity contribution is 5.89. The van der Waals surface area contributed by atoms with E-state index in [9.17, 15) is 5.11 Å². The standard InChI is InChI=1S/C20H22N2O.BrH/c23-17-6-7-18-16(13-17)5-8-20(22-10-1-2-11-22)19(18)12-15-4-3-9-21-14-15;/h3-4,6-7,9,13-14,19H,1-2,5,8,10-12H2;1H. The number of aryl methyl sites for hydroxylation is 1. The van der Waals surface area contributed by atoms with Crippen LogP contribution in [0.3, 0.4) is 0 Å². The van der Waals surface area contributed by atoms with E-state index < -0.39 is 0 Å². The molecule has 1 unspecified atom stereocenters. The summed E-state index contributed by atoms with van der Waals surface area (Å²) in [7, 11) is 0. The first kappa shape index (κ1) is 17.2. The summed E-state index contributed by atoms with van der Waals surface area (Å²) in [6.07, 6.45) is 9.59. The first-order valence-electron chi connectivity index (χ1n) is 8.62. The highest BCUT2D eigenvalue weighted by Crippen LogP contribution is 2.34. The van der Waals surface area contributed by atoms with E-state index in [-0.39, 0.29) is 17.0 Å². The van der Waals surface area contributed by atoms with Crippen LogP contribution < -0.4 is 17.0 Å². The third-order valence-electron chi connectivity index (χ3n) is 5.23. The summed E-state index contributed by atoms with van der Waals surface area (Å²) in [6.45, 7) is 2.40. The smallest absolute Gasteiger partial charge is 0.160 e. The third kappa shape index (κ3) is 3.39. The van der Waals surface area contributed by atoms with Gasteiger partial charge in [0.15, 0.2) is 5.71 Å². The van der Waals surface area contributed by atoms with Crippen LogP contribution in [0.25, 0.3) is 0 Å². The second-order valence-electron chi connectivity index (χ2n) is 6.69. The Balaban J connectivity index is 0.00000169. The van der Waals surface area contributed by atoms with Crippen LogP contribution in [0.15, 0.2) is 42.7 Å². The van der Waals surface area contributed by atoms with Gasteiger partial charge in [0.25, 0.3) is 0 Å². The number of fused-ring (bicyclic) bond motifs is 1. The zero-order chi connectivity index (χ0) is 15.6. The monoisotopic (exact) mass is 386 g/mol. The molecule has 4 heteroatoms. The number of aromatic nitrogens is 1. The van der Waals surface area contributed by atoms with Crippen LogP contribution in [0.4, 0.5) is 0 Å². The van der Waals surface area contributed by atoms with Gasteiger partial charge in [-0.15, -0.1) is 0 Å². The maximum Gasteiger partial charge on any atom is 0.160 e. The molecule has 0 bridgehead atoms. The van der Waals surface area contributed by atoms with Gasteiger partial charge in [-0.25, -0.2) is 4.58 Å². The van der Waals surface area contributed by atoms with E-state index in [0.29, 0.717) is 11.7 Å². The summed E-state index contributed by atoms with van der Waals surface area (Å²) in [4.78, 5) is 4.28. The molecule has 1 aromatic heterocycles. The molecule has 1 fully saturated rings. The number of phenols is 1. The van der Waals surface area contributed by atoms with Gasteiger partial charge in [0, 0.05) is 31.7 Å². The van der Waals surface area contributed by atoms with Crippen molar-refractivity contribution in [1.82, 2.24) is 4.98 Å². The van der Waals surface area contributed by atoms with E-state index in [1.807, 2.05) is 30.6 Å². The molecule has 1 saturated heterocycles. The van der Waals surface area contributed by atoms with E-state index in [2.05, 4.69) is 21.7 Å². The minimum Gasteiger partial charge on any atom is -1.00 e. The minimum atomic E-state index is 0. The summed E-state index contributed by atoms with van der Waals surface area (Å²) in [5.41, 5.74) is 5.57. The quantitative estimate of drug-likeness (QED) is 0.754. The SMILES string of the molecule is Oc1ccc2c(c1)CCC(=[N+]1CCCC1)C2Cc1cccnc1.[Br-]. The van der Waals surface area contributed by atoms with E-state index in [1.54, 1.807) is 5.71 Å². The van der Waals surface area contributed by atoms with Crippen molar-refractivity contribution < 1.29 is 26.7 Å². The molecule has 1 atom stereocenters. The lowest BCUT2D eigenvalue weighted by Gasteiger charge is -2.26. The molecule has 24 heavy (non-hydrogen) atoms. The Kier molecular flexibility index (Phi) is 5.34. The average molecular weight is 387 g/mol. The van der Waals surface area contributed by atoms with Crippen LogP contribution in [0.5, 0.6) is 5.75 Å². The fraction of sp³-hybridized carbons (Fsp3) is 0.400. The number of rotatable bonds is 2. The van der Waals surface area contributed by atoms with Crippen LogP contribution in [0.1, 0.15) is 41.9 Å². The molecule has 1 aliphatic carbocycles. The van der Waals surface area contributed by atoms with Gasteiger partial charge in [0.1, 0.15) is 18.8 Å². The van der Waals surface area contributed by atoms with Gasteiger partial charge in [-0.3, -0.25) is 4.98 Å². The van der Waals surface area contributed by atoms with Crippen molar-refractivity contribution >= 4 is 5.71 Å². The summed E-state index contributed by atoms with van der Waals surface area (Å²) in [5, 5.41) is 9.81. The molecule has 2 aliphatic rings. The number of aromatic hydroxyl groups is 1. The maximum absolute atomic E-state index is 9.81. The molecule has 126 valence electrons. The van der Waals surface area contributed by atoms with E-state index in [0.717, 1.165) is 19.3 Å². The van der Waals surface area contributed by atoms with Crippen LogP contribution in [-0.4, -0.2) is 33.5 Å². The molecular weight excluding hydrogens is 364 g/mol. The van der Waals surface area contributed by atoms with E-state index in [1.165, 1.54) is 42.6 Å². The molecule has 2 heterocycles. The van der Waals surface area contributed by atoms with E-state index in [4.69, 9.17) is 0 Å².